The van der Waals surface area contributed by atoms with E-state index < -0.39 is 17.2 Å². The first-order valence-corrected chi connectivity index (χ1v) is 5.70. The van der Waals surface area contributed by atoms with Crippen LogP contribution in [0.2, 0.25) is 0 Å². The van der Waals surface area contributed by atoms with Crippen LogP contribution in [0.15, 0.2) is 24.3 Å². The molecule has 0 aromatic heterocycles. The quantitative estimate of drug-likeness (QED) is 0.854. The number of carbonyl (C=O) groups excluding carboxylic acids is 1. The molecule has 0 bridgehead atoms. The lowest BCUT2D eigenvalue weighted by atomic mass is 9.61. The summed E-state index contributed by atoms with van der Waals surface area (Å²) in [6, 6.07) is 5.38. The van der Waals surface area contributed by atoms with E-state index >= 15 is 0 Å². The molecule has 1 aromatic carbocycles. The summed E-state index contributed by atoms with van der Waals surface area (Å²) in [6.45, 7) is 1.40. The van der Waals surface area contributed by atoms with E-state index in [1.54, 1.807) is 0 Å². The van der Waals surface area contributed by atoms with E-state index in [2.05, 4.69) is 5.32 Å². The number of nitrogens with one attached hydrogen (secondary N) is 1. The molecule has 0 atom stereocenters. The van der Waals surface area contributed by atoms with Crippen molar-refractivity contribution in [1.82, 2.24) is 5.32 Å². The van der Waals surface area contributed by atoms with Crippen LogP contribution in [0.4, 0.5) is 4.39 Å². The van der Waals surface area contributed by atoms with E-state index in [0.717, 1.165) is 0 Å². The molecule has 1 aliphatic carbocycles. The van der Waals surface area contributed by atoms with Crippen LogP contribution in [0, 0.1) is 5.82 Å². The largest absolute Gasteiger partial charge is 0.481 e. The summed E-state index contributed by atoms with van der Waals surface area (Å²) in [7, 11) is 0. The minimum atomic E-state index is -0.999. The van der Waals surface area contributed by atoms with Gasteiger partial charge in [0.1, 0.15) is 5.82 Å². The summed E-state index contributed by atoms with van der Waals surface area (Å²) in [6.07, 6.45) is 0.682. The molecule has 0 heterocycles. The van der Waals surface area contributed by atoms with Crippen molar-refractivity contribution in [3.63, 3.8) is 0 Å². The molecule has 2 N–H and O–H groups in total. The number of amides is 1. The summed E-state index contributed by atoms with van der Waals surface area (Å²) >= 11 is 0. The molecule has 1 aromatic rings. The molecule has 0 saturated heterocycles. The third kappa shape index (κ3) is 2.08. The van der Waals surface area contributed by atoms with Crippen molar-refractivity contribution in [2.75, 3.05) is 0 Å². The van der Waals surface area contributed by atoms with Crippen LogP contribution >= 0.6 is 0 Å². The Bertz CT molecular complexity index is 478. The Labute approximate surface area is 104 Å². The molecule has 18 heavy (non-hydrogen) atoms. The van der Waals surface area contributed by atoms with E-state index in [0.29, 0.717) is 18.4 Å². The second-order valence-electron chi connectivity index (χ2n) is 4.70. The fourth-order valence-corrected chi connectivity index (χ4v) is 2.47. The second kappa shape index (κ2) is 4.40. The van der Waals surface area contributed by atoms with Gasteiger partial charge in [0, 0.05) is 13.0 Å². The average molecular weight is 251 g/mol. The van der Waals surface area contributed by atoms with Crippen LogP contribution in [0.5, 0.6) is 0 Å². The minimum Gasteiger partial charge on any atom is -0.481 e. The van der Waals surface area contributed by atoms with Gasteiger partial charge in [-0.1, -0.05) is 12.1 Å². The summed E-state index contributed by atoms with van der Waals surface area (Å²) in [5.74, 6) is -1.49. The van der Waals surface area contributed by atoms with Crippen LogP contribution in [0.25, 0.3) is 0 Å². The topological polar surface area (TPSA) is 66.4 Å². The van der Waals surface area contributed by atoms with E-state index in [1.807, 2.05) is 0 Å². The summed E-state index contributed by atoms with van der Waals surface area (Å²) in [5, 5.41) is 12.0. The predicted octanol–water partition coefficient (Wildman–Crippen LogP) is 1.45. The van der Waals surface area contributed by atoms with Gasteiger partial charge in [0.05, 0.1) is 5.41 Å². The zero-order valence-electron chi connectivity index (χ0n) is 9.94. The molecule has 1 fully saturated rings. The Balaban J connectivity index is 2.19. The minimum absolute atomic E-state index is 0.122. The van der Waals surface area contributed by atoms with E-state index in [-0.39, 0.29) is 11.9 Å². The first-order chi connectivity index (χ1) is 8.44. The Kier molecular flexibility index (Phi) is 3.07. The van der Waals surface area contributed by atoms with Gasteiger partial charge < -0.3 is 10.4 Å². The van der Waals surface area contributed by atoms with Crippen molar-refractivity contribution in [2.45, 2.75) is 31.2 Å². The first-order valence-electron chi connectivity index (χ1n) is 5.70. The lowest BCUT2D eigenvalue weighted by Crippen LogP contribution is -2.56. The number of carboxylic acid groups (broad SMARTS) is 1. The number of carboxylic acids is 1. The molecule has 1 saturated carbocycles. The maximum atomic E-state index is 12.8. The molecule has 1 amide bonds. The number of benzene rings is 1. The first kappa shape index (κ1) is 12.5. The number of carbonyl (C=O) groups is 2. The molecule has 96 valence electrons. The molecule has 0 unspecified atom stereocenters. The van der Waals surface area contributed by atoms with Crippen LogP contribution in [0.3, 0.4) is 0 Å². The smallest absolute Gasteiger partial charge is 0.314 e. The van der Waals surface area contributed by atoms with Crippen molar-refractivity contribution in [3.05, 3.63) is 35.6 Å². The Hall–Kier alpha value is -1.91. The molecule has 4 nitrogen and oxygen atoms in total. The maximum absolute atomic E-state index is 12.8. The van der Waals surface area contributed by atoms with Gasteiger partial charge in [-0.15, -0.1) is 0 Å². The van der Waals surface area contributed by atoms with Crippen molar-refractivity contribution in [3.8, 4) is 0 Å². The number of hydrogen-bond acceptors (Lipinski definition) is 2. The van der Waals surface area contributed by atoms with Crippen LogP contribution in [0.1, 0.15) is 25.3 Å². The highest BCUT2D eigenvalue weighted by molar-refractivity contribution is 5.84. The van der Waals surface area contributed by atoms with Crippen LogP contribution < -0.4 is 5.32 Å². The zero-order chi connectivity index (χ0) is 13.3. The van der Waals surface area contributed by atoms with Gasteiger partial charge in [0.15, 0.2) is 0 Å². The molecule has 0 spiro atoms. The van der Waals surface area contributed by atoms with E-state index in [1.165, 1.54) is 31.2 Å². The zero-order valence-corrected chi connectivity index (χ0v) is 9.94. The fourth-order valence-electron chi connectivity index (χ4n) is 2.47. The fraction of sp³-hybridized carbons (Fsp3) is 0.385. The molecule has 0 aliphatic heterocycles. The average Bonchev–Trinajstić information content (AvgIpc) is 2.23. The van der Waals surface area contributed by atoms with Gasteiger partial charge in [-0.3, -0.25) is 9.59 Å². The molecule has 5 heteroatoms. The van der Waals surface area contributed by atoms with Crippen molar-refractivity contribution in [2.24, 2.45) is 0 Å². The van der Waals surface area contributed by atoms with Crippen molar-refractivity contribution >= 4 is 11.9 Å². The highest BCUT2D eigenvalue weighted by Gasteiger charge is 2.51. The lowest BCUT2D eigenvalue weighted by Gasteiger charge is -2.44. The molecule has 2 rings (SSSR count). The highest BCUT2D eigenvalue weighted by atomic mass is 19.1. The number of aliphatic carboxylic acids is 1. The Morgan fingerprint density at radius 2 is 1.89 bits per heavy atom. The Morgan fingerprint density at radius 1 is 1.33 bits per heavy atom. The van der Waals surface area contributed by atoms with Gasteiger partial charge in [0.2, 0.25) is 5.91 Å². The van der Waals surface area contributed by atoms with Crippen molar-refractivity contribution in [1.29, 1.82) is 0 Å². The van der Waals surface area contributed by atoms with Gasteiger partial charge in [-0.2, -0.15) is 0 Å². The van der Waals surface area contributed by atoms with E-state index in [9.17, 15) is 19.1 Å². The number of hydrogen-bond donors (Lipinski definition) is 2. The highest BCUT2D eigenvalue weighted by Crippen LogP contribution is 2.44. The van der Waals surface area contributed by atoms with E-state index in [4.69, 9.17) is 0 Å². The SMILES string of the molecule is CC(=O)NC1CC(C(=O)O)(c2ccc(F)cc2)C1. The molecule has 0 radical (unpaired) electrons. The molecular weight excluding hydrogens is 237 g/mol. The summed E-state index contributed by atoms with van der Waals surface area (Å²) in [4.78, 5) is 22.3. The molecular formula is C13H14FNO3. The number of halogens is 1. The van der Waals surface area contributed by atoms with Crippen molar-refractivity contribution < 1.29 is 19.1 Å². The van der Waals surface area contributed by atoms with Crippen LogP contribution in [-0.4, -0.2) is 23.0 Å². The second-order valence-corrected chi connectivity index (χ2v) is 4.70. The number of rotatable bonds is 3. The van der Waals surface area contributed by atoms with Gasteiger partial charge in [-0.05, 0) is 30.5 Å². The van der Waals surface area contributed by atoms with Gasteiger partial charge in [0.25, 0.3) is 0 Å². The summed E-state index contributed by atoms with van der Waals surface area (Å²) in [5.41, 5.74) is -0.418. The Morgan fingerprint density at radius 3 is 2.33 bits per heavy atom. The van der Waals surface area contributed by atoms with Gasteiger partial charge in [-0.25, -0.2) is 4.39 Å². The monoisotopic (exact) mass is 251 g/mol. The molecule has 1 aliphatic rings. The lowest BCUT2D eigenvalue weighted by molar-refractivity contribution is -0.149. The predicted molar refractivity (Wildman–Crippen MR) is 62.6 cm³/mol. The third-order valence-corrected chi connectivity index (χ3v) is 3.40. The summed E-state index contributed by atoms with van der Waals surface area (Å²) < 4.78 is 12.8. The third-order valence-electron chi connectivity index (χ3n) is 3.40. The normalized spacial score (nSPS) is 26.2. The maximum Gasteiger partial charge on any atom is 0.314 e. The standard InChI is InChI=1S/C13H14FNO3/c1-8(16)15-11-6-13(7-11,12(17)18)9-2-4-10(14)5-3-9/h2-5,11H,6-7H2,1H3,(H,15,16)(H,17,18). The van der Waals surface area contributed by atoms with Gasteiger partial charge >= 0.3 is 5.97 Å². The van der Waals surface area contributed by atoms with Crippen LogP contribution in [-0.2, 0) is 15.0 Å².